The predicted molar refractivity (Wildman–Crippen MR) is 106 cm³/mol. The molecule has 2 saturated carbocycles. The van der Waals surface area contributed by atoms with Crippen LogP contribution in [0.4, 0.5) is 4.39 Å². The van der Waals surface area contributed by atoms with Gasteiger partial charge in [0.2, 0.25) is 0 Å². The second-order valence-corrected chi connectivity index (χ2v) is 8.43. The summed E-state index contributed by atoms with van der Waals surface area (Å²) in [6.45, 7) is 6.44. The van der Waals surface area contributed by atoms with E-state index in [0.717, 1.165) is 23.1 Å². The van der Waals surface area contributed by atoms with Crippen molar-refractivity contribution in [1.82, 2.24) is 0 Å². The van der Waals surface area contributed by atoms with E-state index >= 15 is 0 Å². The number of hydrogen-bond donors (Lipinski definition) is 0. The van der Waals surface area contributed by atoms with Crippen LogP contribution < -0.4 is 4.74 Å². The quantitative estimate of drug-likeness (QED) is 0.546. The molecule has 0 aromatic heterocycles. The molecule has 138 valence electrons. The molecule has 0 amide bonds. The highest BCUT2D eigenvalue weighted by Crippen LogP contribution is 2.47. The molecule has 2 fully saturated rings. The van der Waals surface area contributed by atoms with E-state index in [0.29, 0.717) is 23.7 Å². The van der Waals surface area contributed by atoms with Crippen LogP contribution in [0.3, 0.4) is 0 Å². The first-order chi connectivity index (χ1) is 12.6. The van der Waals surface area contributed by atoms with Gasteiger partial charge in [0.15, 0.2) is 0 Å². The van der Waals surface area contributed by atoms with E-state index in [9.17, 15) is 4.39 Å². The second-order valence-electron chi connectivity index (χ2n) is 8.43. The van der Waals surface area contributed by atoms with Crippen LogP contribution in [0, 0.1) is 23.6 Å². The van der Waals surface area contributed by atoms with Crippen molar-refractivity contribution in [2.75, 3.05) is 6.61 Å². The lowest BCUT2D eigenvalue weighted by atomic mass is 9.64. The maximum absolute atomic E-state index is 14.6. The minimum atomic E-state index is -0.191. The van der Waals surface area contributed by atoms with Gasteiger partial charge in [-0.1, -0.05) is 38.1 Å². The van der Waals surface area contributed by atoms with E-state index < -0.39 is 0 Å². The average molecular weight is 352 g/mol. The summed E-state index contributed by atoms with van der Waals surface area (Å²) in [6, 6.07) is 9.76. The summed E-state index contributed by atoms with van der Waals surface area (Å²) in [5.41, 5.74) is 1.31. The van der Waals surface area contributed by atoms with Crippen LogP contribution >= 0.6 is 0 Å². The highest BCUT2D eigenvalue weighted by Gasteiger charge is 2.34. The Kier molecular flexibility index (Phi) is 5.02. The van der Waals surface area contributed by atoms with Crippen molar-refractivity contribution in [3.63, 3.8) is 0 Å². The third-order valence-corrected chi connectivity index (χ3v) is 6.62. The van der Waals surface area contributed by atoms with Crippen LogP contribution in [0.25, 0.3) is 10.8 Å². The summed E-state index contributed by atoms with van der Waals surface area (Å²) < 4.78 is 20.1. The number of benzene rings is 2. The topological polar surface area (TPSA) is 9.23 Å². The van der Waals surface area contributed by atoms with Gasteiger partial charge in [-0.15, -0.1) is 0 Å². The van der Waals surface area contributed by atoms with Gasteiger partial charge in [-0.2, -0.15) is 0 Å². The third kappa shape index (κ3) is 3.51. The van der Waals surface area contributed by atoms with E-state index in [1.54, 1.807) is 6.08 Å². The van der Waals surface area contributed by atoms with Crippen molar-refractivity contribution in [3.8, 4) is 5.75 Å². The average Bonchev–Trinajstić information content (AvgIpc) is 2.65. The minimum absolute atomic E-state index is 0.191. The maximum Gasteiger partial charge on any atom is 0.134 e. The fourth-order valence-corrected chi connectivity index (χ4v) is 5.22. The number of hydrogen-bond acceptors (Lipinski definition) is 1. The van der Waals surface area contributed by atoms with E-state index in [-0.39, 0.29) is 5.82 Å². The Balaban J connectivity index is 1.56. The molecule has 0 saturated heterocycles. The molecular formula is C24H29FO. The molecule has 0 aliphatic heterocycles. The van der Waals surface area contributed by atoms with Crippen molar-refractivity contribution >= 4 is 10.8 Å². The molecule has 0 bridgehead atoms. The zero-order valence-electron chi connectivity index (χ0n) is 15.7. The molecule has 2 aromatic carbocycles. The molecule has 26 heavy (non-hydrogen) atoms. The van der Waals surface area contributed by atoms with Gasteiger partial charge in [-0.3, -0.25) is 0 Å². The first-order valence-corrected chi connectivity index (χ1v) is 10.1. The molecule has 0 radical (unpaired) electrons. The Hall–Kier alpha value is -1.83. The number of fused-ring (bicyclic) bond motifs is 2. The molecule has 4 unspecified atom stereocenters. The largest absolute Gasteiger partial charge is 0.489 e. The maximum atomic E-state index is 14.6. The number of rotatable bonds is 4. The molecule has 2 aliphatic rings. The summed E-state index contributed by atoms with van der Waals surface area (Å²) in [5.74, 6) is 3.67. The first-order valence-electron chi connectivity index (χ1n) is 10.1. The number of ether oxygens (including phenoxy) is 1. The molecule has 1 nitrogen and oxygen atoms in total. The molecule has 0 heterocycles. The molecule has 2 aliphatic carbocycles. The van der Waals surface area contributed by atoms with Crippen molar-refractivity contribution in [2.24, 2.45) is 17.8 Å². The van der Waals surface area contributed by atoms with Gasteiger partial charge in [0.1, 0.15) is 18.2 Å². The molecule has 4 atom stereocenters. The lowest BCUT2D eigenvalue weighted by Gasteiger charge is -2.41. The predicted octanol–water partition coefficient (Wildman–Crippen LogP) is 6.86. The normalized spacial score (nSPS) is 28.5. The third-order valence-electron chi connectivity index (χ3n) is 6.62. The van der Waals surface area contributed by atoms with E-state index in [1.165, 1.54) is 50.2 Å². The Morgan fingerprint density at radius 1 is 1.08 bits per heavy atom. The monoisotopic (exact) mass is 352 g/mol. The van der Waals surface area contributed by atoms with Crippen molar-refractivity contribution in [2.45, 2.75) is 51.4 Å². The van der Waals surface area contributed by atoms with E-state index in [4.69, 9.17) is 4.74 Å². The van der Waals surface area contributed by atoms with Gasteiger partial charge < -0.3 is 4.74 Å². The van der Waals surface area contributed by atoms with Crippen molar-refractivity contribution < 1.29 is 9.13 Å². The smallest absolute Gasteiger partial charge is 0.134 e. The Labute approximate surface area is 156 Å². The highest BCUT2D eigenvalue weighted by atomic mass is 19.1. The highest BCUT2D eigenvalue weighted by molar-refractivity contribution is 5.85. The van der Waals surface area contributed by atoms with Crippen LogP contribution in [-0.4, -0.2) is 6.61 Å². The van der Waals surface area contributed by atoms with Gasteiger partial charge in [0, 0.05) is 11.5 Å². The molecule has 2 heteroatoms. The van der Waals surface area contributed by atoms with Crippen LogP contribution in [-0.2, 0) is 0 Å². The molecule has 0 N–H and O–H groups in total. The lowest BCUT2D eigenvalue weighted by molar-refractivity contribution is 0.124. The van der Waals surface area contributed by atoms with E-state index in [2.05, 4.69) is 31.7 Å². The SMILES string of the molecule is C=CCOc1cc(F)c2cc(C3CCC4CC(C)CCC4C3)ccc2c1. The number of halogens is 1. The Morgan fingerprint density at radius 2 is 1.88 bits per heavy atom. The first kappa shape index (κ1) is 17.6. The summed E-state index contributed by atoms with van der Waals surface area (Å²) in [5, 5.41) is 1.63. The van der Waals surface area contributed by atoms with Crippen LogP contribution in [0.5, 0.6) is 5.75 Å². The second kappa shape index (κ2) is 7.42. The Morgan fingerprint density at radius 3 is 2.73 bits per heavy atom. The molecule has 0 spiro atoms. The summed E-state index contributed by atoms with van der Waals surface area (Å²) in [7, 11) is 0. The van der Waals surface area contributed by atoms with Gasteiger partial charge in [0.25, 0.3) is 0 Å². The standard InChI is InChI=1S/C24H29FO/c1-3-10-26-22-13-21-9-8-20(14-23(21)24(25)15-22)19-7-6-17-11-16(2)4-5-18(17)12-19/h3,8-9,13-19H,1,4-7,10-12H2,2H3. The van der Waals surface area contributed by atoms with Crippen LogP contribution in [0.1, 0.15) is 56.9 Å². The molecule has 4 rings (SSSR count). The summed E-state index contributed by atoms with van der Waals surface area (Å²) in [4.78, 5) is 0. The summed E-state index contributed by atoms with van der Waals surface area (Å²) in [6.07, 6.45) is 9.73. The lowest BCUT2D eigenvalue weighted by Crippen LogP contribution is -2.29. The summed E-state index contributed by atoms with van der Waals surface area (Å²) >= 11 is 0. The zero-order valence-corrected chi connectivity index (χ0v) is 15.7. The van der Waals surface area contributed by atoms with Crippen molar-refractivity contribution in [3.05, 3.63) is 54.4 Å². The van der Waals surface area contributed by atoms with Crippen LogP contribution in [0.15, 0.2) is 43.0 Å². The molecule has 2 aromatic rings. The minimum Gasteiger partial charge on any atom is -0.489 e. The van der Waals surface area contributed by atoms with Gasteiger partial charge >= 0.3 is 0 Å². The van der Waals surface area contributed by atoms with Gasteiger partial charge in [0.05, 0.1) is 0 Å². The van der Waals surface area contributed by atoms with Crippen LogP contribution in [0.2, 0.25) is 0 Å². The Bertz CT molecular complexity index is 796. The van der Waals surface area contributed by atoms with Crippen molar-refractivity contribution in [1.29, 1.82) is 0 Å². The van der Waals surface area contributed by atoms with Gasteiger partial charge in [-0.05, 0) is 78.9 Å². The van der Waals surface area contributed by atoms with Gasteiger partial charge in [-0.25, -0.2) is 4.39 Å². The zero-order chi connectivity index (χ0) is 18.1. The fourth-order valence-electron chi connectivity index (χ4n) is 5.22. The fraction of sp³-hybridized carbons (Fsp3) is 0.500. The molecular weight excluding hydrogens is 323 g/mol. The van der Waals surface area contributed by atoms with E-state index in [1.807, 2.05) is 6.07 Å².